The lowest BCUT2D eigenvalue weighted by Crippen LogP contribution is -2.32. The molecule has 0 unspecified atom stereocenters. The zero-order chi connectivity index (χ0) is 26.8. The van der Waals surface area contributed by atoms with E-state index in [0.29, 0.717) is 5.56 Å². The number of benzene rings is 1. The predicted molar refractivity (Wildman–Crippen MR) is 169 cm³/mol. The van der Waals surface area contributed by atoms with Gasteiger partial charge in [0.25, 0.3) is 5.91 Å². The van der Waals surface area contributed by atoms with Gasteiger partial charge in [-0.3, -0.25) is 9.52 Å². The van der Waals surface area contributed by atoms with Gasteiger partial charge in [-0.15, -0.1) is 0 Å². The second kappa shape index (κ2) is 25.2. The van der Waals surface area contributed by atoms with Crippen LogP contribution in [0, 0.1) is 0 Å². The fourth-order valence-corrected chi connectivity index (χ4v) is 5.59. The Bertz CT molecular complexity index is 644. The highest BCUT2D eigenvalue weighted by Gasteiger charge is 2.13. The average molecular weight is 549 g/mol. The highest BCUT2D eigenvalue weighted by Crippen LogP contribution is 2.15. The Labute approximate surface area is 239 Å². The maximum Gasteiger partial charge on any atom is 0.261 e. The average Bonchev–Trinajstić information content (AvgIpc) is 2.92. The zero-order valence-electron chi connectivity index (χ0n) is 24.1. The third-order valence-corrected chi connectivity index (χ3v) is 8.32. The third-order valence-electron chi connectivity index (χ3n) is 7.09. The molecular formula is C32H56N2OS2. The minimum atomic E-state index is -0.0780. The summed E-state index contributed by atoms with van der Waals surface area (Å²) in [5.41, 5.74) is 0.675. The van der Waals surface area contributed by atoms with Crippen LogP contribution in [0.3, 0.4) is 0 Å². The molecule has 1 aromatic carbocycles. The molecule has 1 N–H and O–H groups in total. The molecule has 1 amide bonds. The van der Waals surface area contributed by atoms with E-state index in [1.165, 1.54) is 140 Å². The number of hydrogen-bond acceptors (Lipinski definition) is 3. The number of nitrogens with one attached hydrogen (secondary N) is 1. The molecule has 212 valence electrons. The molecule has 1 rings (SSSR count). The van der Waals surface area contributed by atoms with Crippen LogP contribution in [0.15, 0.2) is 30.3 Å². The number of thiocarbonyl (C=S) groups is 1. The van der Waals surface area contributed by atoms with Gasteiger partial charge < -0.3 is 4.90 Å². The van der Waals surface area contributed by atoms with Crippen LogP contribution in [0.1, 0.15) is 153 Å². The Balaban J connectivity index is 2.30. The van der Waals surface area contributed by atoms with Crippen molar-refractivity contribution in [2.24, 2.45) is 0 Å². The van der Waals surface area contributed by atoms with Gasteiger partial charge in [-0.2, -0.15) is 0 Å². The van der Waals surface area contributed by atoms with Crippen molar-refractivity contribution in [1.29, 1.82) is 0 Å². The van der Waals surface area contributed by atoms with E-state index in [1.54, 1.807) is 0 Å². The van der Waals surface area contributed by atoms with E-state index in [4.69, 9.17) is 12.2 Å². The largest absolute Gasteiger partial charge is 0.356 e. The van der Waals surface area contributed by atoms with Crippen LogP contribution in [0.2, 0.25) is 0 Å². The first-order valence-corrected chi connectivity index (χ1v) is 16.7. The van der Waals surface area contributed by atoms with Gasteiger partial charge in [0.1, 0.15) is 0 Å². The Hall–Kier alpha value is -1.07. The van der Waals surface area contributed by atoms with Crippen LogP contribution in [-0.4, -0.2) is 28.2 Å². The van der Waals surface area contributed by atoms with Crippen molar-refractivity contribution in [3.63, 3.8) is 0 Å². The lowest BCUT2D eigenvalue weighted by Gasteiger charge is -2.25. The minimum Gasteiger partial charge on any atom is -0.356 e. The predicted octanol–water partition coefficient (Wildman–Crippen LogP) is 10.5. The molecule has 0 radical (unpaired) electrons. The van der Waals surface area contributed by atoms with Crippen molar-refractivity contribution in [2.75, 3.05) is 13.1 Å². The minimum absolute atomic E-state index is 0.0780. The molecule has 0 aliphatic rings. The van der Waals surface area contributed by atoms with Gasteiger partial charge in [0.15, 0.2) is 4.32 Å². The number of carbonyl (C=O) groups excluding carboxylic acids is 1. The fraction of sp³-hybridized carbons (Fsp3) is 0.750. The summed E-state index contributed by atoms with van der Waals surface area (Å²) >= 11 is 7.07. The molecule has 0 saturated carbocycles. The van der Waals surface area contributed by atoms with Gasteiger partial charge in [-0.1, -0.05) is 160 Å². The SMILES string of the molecule is CCCCCCCCCCCCN(CCCCCCCCCCCC)C(=S)SNC(=O)c1ccccc1. The molecule has 0 fully saturated rings. The molecule has 37 heavy (non-hydrogen) atoms. The summed E-state index contributed by atoms with van der Waals surface area (Å²) in [6.45, 7) is 6.56. The van der Waals surface area contributed by atoms with Crippen LogP contribution >= 0.6 is 24.2 Å². The monoisotopic (exact) mass is 548 g/mol. The molecule has 0 atom stereocenters. The molecule has 3 nitrogen and oxygen atoms in total. The summed E-state index contributed by atoms with van der Waals surface area (Å²) in [4.78, 5) is 14.8. The number of amides is 1. The summed E-state index contributed by atoms with van der Waals surface area (Å²) in [5.74, 6) is -0.0780. The van der Waals surface area contributed by atoms with Crippen LogP contribution < -0.4 is 4.72 Å². The summed E-state index contributed by atoms with van der Waals surface area (Å²) in [7, 11) is 0. The quantitative estimate of drug-likeness (QED) is 0.0837. The van der Waals surface area contributed by atoms with Gasteiger partial charge in [0.05, 0.1) is 0 Å². The molecule has 0 heterocycles. The van der Waals surface area contributed by atoms with E-state index >= 15 is 0 Å². The first-order valence-electron chi connectivity index (χ1n) is 15.5. The molecule has 0 spiro atoms. The highest BCUT2D eigenvalue weighted by molar-refractivity contribution is 8.22. The topological polar surface area (TPSA) is 32.3 Å². The summed E-state index contributed by atoms with van der Waals surface area (Å²) in [6, 6.07) is 9.38. The number of carbonyl (C=O) groups is 1. The van der Waals surface area contributed by atoms with E-state index in [-0.39, 0.29) is 5.91 Å². The second-order valence-corrected chi connectivity index (χ2v) is 12.0. The van der Waals surface area contributed by atoms with E-state index in [1.807, 2.05) is 30.3 Å². The van der Waals surface area contributed by atoms with E-state index in [0.717, 1.165) is 17.4 Å². The smallest absolute Gasteiger partial charge is 0.261 e. The normalized spacial score (nSPS) is 11.0. The molecule has 0 aliphatic carbocycles. The first kappa shape index (κ1) is 34.0. The Morgan fingerprint density at radius 1 is 0.649 bits per heavy atom. The second-order valence-electron chi connectivity index (χ2n) is 10.5. The van der Waals surface area contributed by atoms with E-state index < -0.39 is 0 Å². The van der Waals surface area contributed by atoms with Gasteiger partial charge in [-0.25, -0.2) is 0 Å². The first-order chi connectivity index (χ1) is 18.2. The van der Waals surface area contributed by atoms with Gasteiger partial charge in [0.2, 0.25) is 0 Å². The number of hydrogen-bond donors (Lipinski definition) is 1. The van der Waals surface area contributed by atoms with Crippen molar-refractivity contribution in [3.8, 4) is 0 Å². The van der Waals surface area contributed by atoms with Crippen LogP contribution in [-0.2, 0) is 0 Å². The Morgan fingerprint density at radius 2 is 1.03 bits per heavy atom. The van der Waals surface area contributed by atoms with Crippen LogP contribution in [0.5, 0.6) is 0 Å². The summed E-state index contributed by atoms with van der Waals surface area (Å²) in [6.07, 6.45) is 26.9. The molecule has 1 aromatic rings. The van der Waals surface area contributed by atoms with E-state index in [2.05, 4.69) is 23.5 Å². The van der Waals surface area contributed by atoms with Gasteiger partial charge in [-0.05, 0) is 25.0 Å². The fourth-order valence-electron chi connectivity index (χ4n) is 4.68. The van der Waals surface area contributed by atoms with Crippen LogP contribution in [0.25, 0.3) is 0 Å². The standard InChI is InChI=1S/C32H56N2OS2/c1-3-5-7-9-11-13-15-17-19-24-28-34(29-25-20-18-16-14-12-10-8-6-4-2)32(36)37-33-31(35)30-26-22-21-23-27-30/h21-23,26-27H,3-20,24-25,28-29H2,1-2H3,(H,33,35). The third kappa shape index (κ3) is 19.6. The van der Waals surface area contributed by atoms with Gasteiger partial charge in [0, 0.05) is 30.6 Å². The van der Waals surface area contributed by atoms with Gasteiger partial charge >= 0.3 is 0 Å². The van der Waals surface area contributed by atoms with Crippen molar-refractivity contribution in [1.82, 2.24) is 9.62 Å². The molecule has 0 aliphatic heterocycles. The molecule has 5 heteroatoms. The number of nitrogens with zero attached hydrogens (tertiary/aromatic N) is 1. The molecule has 0 aromatic heterocycles. The summed E-state index contributed by atoms with van der Waals surface area (Å²) < 4.78 is 3.75. The van der Waals surface area contributed by atoms with Crippen molar-refractivity contribution >= 4 is 34.4 Å². The summed E-state index contributed by atoms with van der Waals surface area (Å²) in [5, 5.41) is 0. The van der Waals surface area contributed by atoms with Crippen molar-refractivity contribution in [3.05, 3.63) is 35.9 Å². The zero-order valence-corrected chi connectivity index (χ0v) is 25.7. The number of unbranched alkanes of at least 4 members (excludes halogenated alkanes) is 18. The lowest BCUT2D eigenvalue weighted by molar-refractivity contribution is 0.0984. The maximum atomic E-state index is 12.4. The Kier molecular flexibility index (Phi) is 23.1. The molecular weight excluding hydrogens is 492 g/mol. The van der Waals surface area contributed by atoms with Crippen molar-refractivity contribution < 1.29 is 4.79 Å². The van der Waals surface area contributed by atoms with E-state index in [9.17, 15) is 4.79 Å². The lowest BCUT2D eigenvalue weighted by atomic mass is 10.1. The molecule has 0 bridgehead atoms. The maximum absolute atomic E-state index is 12.4. The highest BCUT2D eigenvalue weighted by atomic mass is 32.2. The van der Waals surface area contributed by atoms with Crippen molar-refractivity contribution in [2.45, 2.75) is 142 Å². The molecule has 0 saturated heterocycles. The van der Waals surface area contributed by atoms with Crippen LogP contribution in [0.4, 0.5) is 0 Å². The number of rotatable bonds is 23. The Morgan fingerprint density at radius 3 is 1.43 bits per heavy atom.